The average Bonchev–Trinajstić information content (AvgIpc) is 3.01. The maximum absolute atomic E-state index is 13.0. The average molecular weight is 346 g/mol. The summed E-state index contributed by atoms with van der Waals surface area (Å²) in [5.74, 6) is -0.323. The molecular formula is C18H23FN4O2. The van der Waals surface area contributed by atoms with Crippen LogP contribution in [0.2, 0.25) is 0 Å². The number of halogens is 1. The second-order valence-corrected chi connectivity index (χ2v) is 6.44. The molecule has 2 aromatic rings. The van der Waals surface area contributed by atoms with Gasteiger partial charge in [0.05, 0.1) is 16.8 Å². The Hall–Kier alpha value is -2.25. The first-order valence-corrected chi connectivity index (χ1v) is 8.41. The highest BCUT2D eigenvalue weighted by Crippen LogP contribution is 2.29. The van der Waals surface area contributed by atoms with Crippen LogP contribution in [0.15, 0.2) is 30.5 Å². The number of aryl methyl sites for hydroxylation is 1. The fourth-order valence-electron chi connectivity index (χ4n) is 3.04. The molecule has 1 amide bonds. The van der Waals surface area contributed by atoms with Gasteiger partial charge in [0, 0.05) is 38.1 Å². The van der Waals surface area contributed by atoms with Crippen LogP contribution < -0.4 is 11.1 Å². The minimum atomic E-state index is -0.543. The summed E-state index contributed by atoms with van der Waals surface area (Å²) >= 11 is 0. The third-order valence-electron chi connectivity index (χ3n) is 4.85. The van der Waals surface area contributed by atoms with Crippen molar-refractivity contribution < 1.29 is 13.9 Å². The SMILES string of the molecule is Cc1nn(-c2ccc(F)cc2)cc1CNC(=O)C1(CN)CCOCC1. The highest BCUT2D eigenvalue weighted by Gasteiger charge is 2.38. The molecule has 0 unspecified atom stereocenters. The minimum absolute atomic E-state index is 0.0350. The van der Waals surface area contributed by atoms with Crippen molar-refractivity contribution in [1.29, 1.82) is 0 Å². The van der Waals surface area contributed by atoms with E-state index in [1.807, 2.05) is 13.1 Å². The Labute approximate surface area is 146 Å². The molecule has 1 aliphatic heterocycles. The van der Waals surface area contributed by atoms with Gasteiger partial charge in [0.2, 0.25) is 5.91 Å². The van der Waals surface area contributed by atoms with E-state index in [1.165, 1.54) is 12.1 Å². The summed E-state index contributed by atoms with van der Waals surface area (Å²) in [6.07, 6.45) is 3.13. The molecule has 0 radical (unpaired) electrons. The summed E-state index contributed by atoms with van der Waals surface area (Å²) in [4.78, 5) is 12.6. The number of carbonyl (C=O) groups is 1. The van der Waals surface area contributed by atoms with E-state index in [-0.39, 0.29) is 11.7 Å². The van der Waals surface area contributed by atoms with Crippen LogP contribution in [0.5, 0.6) is 0 Å². The Bertz CT molecular complexity index is 736. The molecule has 25 heavy (non-hydrogen) atoms. The van der Waals surface area contributed by atoms with Gasteiger partial charge in [0.25, 0.3) is 0 Å². The molecule has 0 saturated carbocycles. The highest BCUT2D eigenvalue weighted by molar-refractivity contribution is 5.83. The smallest absolute Gasteiger partial charge is 0.227 e. The topological polar surface area (TPSA) is 82.2 Å². The van der Waals surface area contributed by atoms with E-state index in [1.54, 1.807) is 16.8 Å². The number of amides is 1. The minimum Gasteiger partial charge on any atom is -0.381 e. The lowest BCUT2D eigenvalue weighted by atomic mass is 9.79. The number of nitrogens with one attached hydrogen (secondary N) is 1. The van der Waals surface area contributed by atoms with Crippen LogP contribution >= 0.6 is 0 Å². The highest BCUT2D eigenvalue weighted by atomic mass is 19.1. The first-order chi connectivity index (χ1) is 12.0. The lowest BCUT2D eigenvalue weighted by Crippen LogP contribution is -2.49. The molecule has 0 aliphatic carbocycles. The first kappa shape index (κ1) is 17.6. The number of carbonyl (C=O) groups excluding carboxylic acids is 1. The molecule has 1 aromatic carbocycles. The van der Waals surface area contributed by atoms with Crippen LogP contribution in [0, 0.1) is 18.2 Å². The molecule has 6 nitrogen and oxygen atoms in total. The fraction of sp³-hybridized carbons (Fsp3) is 0.444. The van der Waals surface area contributed by atoms with Crippen molar-refractivity contribution in [2.75, 3.05) is 19.8 Å². The van der Waals surface area contributed by atoms with Crippen LogP contribution in [0.3, 0.4) is 0 Å². The summed E-state index contributed by atoms with van der Waals surface area (Å²) in [6, 6.07) is 6.11. The lowest BCUT2D eigenvalue weighted by Gasteiger charge is -2.34. The maximum Gasteiger partial charge on any atom is 0.227 e. The van der Waals surface area contributed by atoms with E-state index in [2.05, 4.69) is 10.4 Å². The Morgan fingerprint density at radius 1 is 1.36 bits per heavy atom. The van der Waals surface area contributed by atoms with Crippen molar-refractivity contribution in [2.24, 2.45) is 11.1 Å². The van der Waals surface area contributed by atoms with Crippen LogP contribution in [0.1, 0.15) is 24.1 Å². The molecule has 3 rings (SSSR count). The van der Waals surface area contributed by atoms with Crippen molar-refractivity contribution in [3.05, 3.63) is 47.5 Å². The van der Waals surface area contributed by atoms with Crippen molar-refractivity contribution >= 4 is 5.91 Å². The zero-order chi connectivity index (χ0) is 17.9. The molecule has 1 saturated heterocycles. The molecule has 2 heterocycles. The van der Waals surface area contributed by atoms with Crippen molar-refractivity contribution in [2.45, 2.75) is 26.3 Å². The number of hydrogen-bond acceptors (Lipinski definition) is 4. The van der Waals surface area contributed by atoms with Gasteiger partial charge in [-0.3, -0.25) is 4.79 Å². The number of aromatic nitrogens is 2. The molecule has 1 aliphatic rings. The van der Waals surface area contributed by atoms with Gasteiger partial charge in [-0.25, -0.2) is 9.07 Å². The van der Waals surface area contributed by atoms with Crippen LogP contribution in [-0.2, 0) is 16.1 Å². The van der Waals surface area contributed by atoms with E-state index < -0.39 is 5.41 Å². The monoisotopic (exact) mass is 346 g/mol. The van der Waals surface area contributed by atoms with Gasteiger partial charge in [0.15, 0.2) is 0 Å². The number of nitrogens with two attached hydrogens (primary N) is 1. The van der Waals surface area contributed by atoms with Crippen molar-refractivity contribution in [1.82, 2.24) is 15.1 Å². The van der Waals surface area contributed by atoms with E-state index in [9.17, 15) is 9.18 Å². The quantitative estimate of drug-likeness (QED) is 0.863. The van der Waals surface area contributed by atoms with Crippen LogP contribution in [0.25, 0.3) is 5.69 Å². The fourth-order valence-corrected chi connectivity index (χ4v) is 3.04. The Kier molecular flexibility index (Phi) is 5.15. The van der Waals surface area contributed by atoms with Gasteiger partial charge >= 0.3 is 0 Å². The van der Waals surface area contributed by atoms with Crippen molar-refractivity contribution in [3.63, 3.8) is 0 Å². The lowest BCUT2D eigenvalue weighted by molar-refractivity contribution is -0.136. The van der Waals surface area contributed by atoms with Gasteiger partial charge in [-0.15, -0.1) is 0 Å². The summed E-state index contributed by atoms with van der Waals surface area (Å²) in [7, 11) is 0. The summed E-state index contributed by atoms with van der Waals surface area (Å²) in [6.45, 7) is 3.71. The predicted octanol–water partition coefficient (Wildman–Crippen LogP) is 1.69. The van der Waals surface area contributed by atoms with Gasteiger partial charge in [-0.05, 0) is 44.0 Å². The molecule has 7 heteroatoms. The van der Waals surface area contributed by atoms with Crippen molar-refractivity contribution in [3.8, 4) is 5.69 Å². The molecule has 0 spiro atoms. The third kappa shape index (κ3) is 3.72. The van der Waals surface area contributed by atoms with E-state index >= 15 is 0 Å². The Morgan fingerprint density at radius 2 is 2.04 bits per heavy atom. The van der Waals surface area contributed by atoms with E-state index in [4.69, 9.17) is 10.5 Å². The standard InChI is InChI=1S/C18H23FN4O2/c1-13-14(11-23(22-13)16-4-2-15(19)3-5-16)10-21-17(24)18(12-20)6-8-25-9-7-18/h2-5,11H,6-10,12,20H2,1H3,(H,21,24). The summed E-state index contributed by atoms with van der Waals surface area (Å²) in [5.41, 5.74) is 7.82. The normalized spacial score (nSPS) is 16.6. The van der Waals surface area contributed by atoms with Gasteiger partial charge < -0.3 is 15.8 Å². The van der Waals surface area contributed by atoms with Crippen LogP contribution in [-0.4, -0.2) is 35.4 Å². The Balaban J connectivity index is 1.69. The number of benzene rings is 1. The molecule has 1 aromatic heterocycles. The molecule has 0 atom stereocenters. The molecular weight excluding hydrogens is 323 g/mol. The first-order valence-electron chi connectivity index (χ1n) is 8.41. The predicted molar refractivity (Wildman–Crippen MR) is 91.6 cm³/mol. The summed E-state index contributed by atoms with van der Waals surface area (Å²) < 4.78 is 20.1. The zero-order valence-corrected chi connectivity index (χ0v) is 14.3. The number of nitrogens with zero attached hydrogens (tertiary/aromatic N) is 2. The van der Waals surface area contributed by atoms with Gasteiger partial charge in [-0.1, -0.05) is 0 Å². The van der Waals surface area contributed by atoms with E-state index in [0.29, 0.717) is 39.1 Å². The molecule has 134 valence electrons. The number of rotatable bonds is 5. The zero-order valence-electron chi connectivity index (χ0n) is 14.3. The second kappa shape index (κ2) is 7.33. The van der Waals surface area contributed by atoms with Gasteiger partial charge in [-0.2, -0.15) is 5.10 Å². The number of hydrogen-bond donors (Lipinski definition) is 2. The Morgan fingerprint density at radius 3 is 2.68 bits per heavy atom. The molecule has 0 bridgehead atoms. The molecule has 3 N–H and O–H groups in total. The van der Waals surface area contributed by atoms with Gasteiger partial charge in [0.1, 0.15) is 5.82 Å². The number of ether oxygens (including phenoxy) is 1. The largest absolute Gasteiger partial charge is 0.381 e. The maximum atomic E-state index is 13.0. The molecule has 1 fully saturated rings. The van der Waals surface area contributed by atoms with Crippen LogP contribution in [0.4, 0.5) is 4.39 Å². The third-order valence-corrected chi connectivity index (χ3v) is 4.85. The van der Waals surface area contributed by atoms with E-state index in [0.717, 1.165) is 16.9 Å². The summed E-state index contributed by atoms with van der Waals surface area (Å²) in [5, 5.41) is 7.42. The second-order valence-electron chi connectivity index (χ2n) is 6.44.